The summed E-state index contributed by atoms with van der Waals surface area (Å²) in [6.07, 6.45) is -4.74. The fraction of sp³-hybridized carbons (Fsp3) is 0.600. The number of aliphatic hydroxyl groups is 6. The molecule has 0 bridgehead atoms. The first-order valence-corrected chi connectivity index (χ1v) is 14.4. The molecule has 4 aromatic rings. The molecule has 12 N–H and O–H groups in total. The number of ether oxygens (including phenoxy) is 2. The van der Waals surface area contributed by atoms with Gasteiger partial charge in [-0.3, -0.25) is 9.13 Å². The number of nitrogens with zero attached hydrogens (tertiary/aromatic N) is 8. The summed E-state index contributed by atoms with van der Waals surface area (Å²) in [4.78, 5) is 25.4. The van der Waals surface area contributed by atoms with Crippen molar-refractivity contribution in [1.82, 2.24) is 39.0 Å². The lowest BCUT2D eigenvalue weighted by molar-refractivity contribution is -0.0501. The minimum atomic E-state index is -1.35. The number of hydrogen-bond acceptors (Lipinski definition) is 18. The Morgan fingerprint density at radius 2 is 1.07 bits per heavy atom. The van der Waals surface area contributed by atoms with Crippen LogP contribution in [0, 0.1) is 0 Å². The number of nitrogens with one attached hydrogen (secondary N) is 2. The number of aromatic nitrogens is 8. The minimum Gasteiger partial charge on any atom is -0.394 e. The Bertz CT molecular complexity index is 1520. The number of nitrogens with two attached hydrogens (primary N) is 2. The number of rotatable bonds is 12. The van der Waals surface area contributed by atoms with E-state index in [0.717, 1.165) is 6.42 Å². The average molecular weight is 633 g/mol. The first-order chi connectivity index (χ1) is 21.7. The van der Waals surface area contributed by atoms with Gasteiger partial charge < -0.3 is 62.2 Å². The van der Waals surface area contributed by atoms with Gasteiger partial charge in [0.15, 0.2) is 46.4 Å². The fourth-order valence-electron chi connectivity index (χ4n) is 5.60. The van der Waals surface area contributed by atoms with Crippen LogP contribution in [0.2, 0.25) is 0 Å². The van der Waals surface area contributed by atoms with Crippen LogP contribution in [0.15, 0.2) is 12.7 Å². The van der Waals surface area contributed by atoms with Crippen molar-refractivity contribution in [1.29, 1.82) is 0 Å². The summed E-state index contributed by atoms with van der Waals surface area (Å²) in [5.74, 6) is 0.873. The fourth-order valence-corrected chi connectivity index (χ4v) is 5.60. The molecule has 0 saturated carbocycles. The summed E-state index contributed by atoms with van der Waals surface area (Å²) in [6.45, 7) is -0.0191. The second kappa shape index (κ2) is 12.8. The molecule has 2 aliphatic heterocycles. The molecule has 6 rings (SSSR count). The van der Waals surface area contributed by atoms with Gasteiger partial charge in [0.25, 0.3) is 0 Å². The molecule has 0 amide bonds. The summed E-state index contributed by atoms with van der Waals surface area (Å²) < 4.78 is 14.4. The first kappa shape index (κ1) is 31.0. The topological polar surface area (TPSA) is 303 Å². The summed E-state index contributed by atoms with van der Waals surface area (Å²) in [6, 6.07) is 0. The van der Waals surface area contributed by atoms with Crippen molar-refractivity contribution in [2.45, 2.75) is 68.3 Å². The van der Waals surface area contributed by atoms with Crippen molar-refractivity contribution in [2.75, 3.05) is 48.4 Å². The third kappa shape index (κ3) is 5.55. The molecule has 2 saturated heterocycles. The Labute approximate surface area is 254 Å². The summed E-state index contributed by atoms with van der Waals surface area (Å²) in [5, 5.41) is 67.4. The van der Waals surface area contributed by atoms with E-state index in [0.29, 0.717) is 60.2 Å². The van der Waals surface area contributed by atoms with E-state index in [1.165, 1.54) is 21.8 Å². The van der Waals surface area contributed by atoms with Crippen molar-refractivity contribution in [3.63, 3.8) is 0 Å². The lowest BCUT2D eigenvalue weighted by Gasteiger charge is -2.20. The zero-order valence-electron chi connectivity index (χ0n) is 24.0. The molecule has 0 unspecified atom stereocenters. The second-order valence-electron chi connectivity index (χ2n) is 10.8. The van der Waals surface area contributed by atoms with Crippen molar-refractivity contribution < 1.29 is 40.1 Å². The molecule has 4 aromatic heterocycles. The molecule has 6 heterocycles. The van der Waals surface area contributed by atoms with Gasteiger partial charge >= 0.3 is 0 Å². The van der Waals surface area contributed by atoms with Crippen LogP contribution in [0.4, 0.5) is 23.5 Å². The van der Waals surface area contributed by atoms with Crippen molar-refractivity contribution in [3.8, 4) is 0 Å². The van der Waals surface area contributed by atoms with Gasteiger partial charge in [0, 0.05) is 13.1 Å². The zero-order chi connectivity index (χ0) is 31.8. The summed E-state index contributed by atoms with van der Waals surface area (Å²) >= 11 is 0. The number of aliphatic hydroxyl groups excluding tert-OH is 6. The van der Waals surface area contributed by atoms with E-state index < -0.39 is 62.3 Å². The van der Waals surface area contributed by atoms with Gasteiger partial charge in [-0.15, -0.1) is 0 Å². The summed E-state index contributed by atoms with van der Waals surface area (Å²) in [5.41, 5.74) is 13.2. The normalized spacial score (nSPS) is 28.4. The monoisotopic (exact) mass is 632 g/mol. The van der Waals surface area contributed by atoms with Gasteiger partial charge in [-0.2, -0.15) is 0 Å². The molecule has 8 atom stereocenters. The zero-order valence-corrected chi connectivity index (χ0v) is 24.0. The van der Waals surface area contributed by atoms with Crippen LogP contribution in [0.1, 0.15) is 31.7 Å². The third-order valence-electron chi connectivity index (χ3n) is 7.97. The second-order valence-corrected chi connectivity index (χ2v) is 10.8. The molecule has 0 radical (unpaired) electrons. The largest absolute Gasteiger partial charge is 0.394 e. The molecule has 45 heavy (non-hydrogen) atoms. The van der Waals surface area contributed by atoms with E-state index in [-0.39, 0.29) is 11.6 Å². The Kier molecular flexibility index (Phi) is 8.79. The predicted octanol–water partition coefficient (Wildman–Crippen LogP) is -2.95. The number of hydrogen-bond donors (Lipinski definition) is 10. The van der Waals surface area contributed by atoms with Crippen LogP contribution in [0.5, 0.6) is 0 Å². The molecule has 20 nitrogen and oxygen atoms in total. The quantitative estimate of drug-likeness (QED) is 0.0698. The maximum Gasteiger partial charge on any atom is 0.207 e. The molecule has 0 aromatic carbocycles. The van der Waals surface area contributed by atoms with Crippen molar-refractivity contribution in [3.05, 3.63) is 12.7 Å². The van der Waals surface area contributed by atoms with Gasteiger partial charge in [-0.1, -0.05) is 0 Å². The SMILES string of the molecule is Nc1ncnc2c1nc(NCCCCCNc1nc3c(N)ncnc3n1[C@H]1O[C@@H](CO)[C@@H](O)[C@@H]1O)n2[C@H]1O[C@@H](CO)[C@@H](O)[C@H]1O. The number of anilines is 4. The van der Waals surface area contributed by atoms with E-state index in [2.05, 4.69) is 40.5 Å². The number of imidazole rings is 2. The van der Waals surface area contributed by atoms with Gasteiger partial charge in [-0.05, 0) is 19.3 Å². The van der Waals surface area contributed by atoms with Gasteiger partial charge in [0.2, 0.25) is 11.9 Å². The highest BCUT2D eigenvalue weighted by Gasteiger charge is 2.46. The van der Waals surface area contributed by atoms with Gasteiger partial charge in [0.05, 0.1) is 13.2 Å². The molecular weight excluding hydrogens is 596 g/mol. The lowest BCUT2D eigenvalue weighted by atomic mass is 10.1. The minimum absolute atomic E-state index is 0.135. The standard InChI is InChI=1S/C25H36N12O8/c26-18-12-20(32-8-30-18)36(22-16(42)14(40)10(6-38)44-22)24(34-12)28-4-2-1-3-5-29-25-35-13-19(27)31-9-33-21(13)37(25)23-17(43)15(41)11(7-39)45-23/h8-11,14-17,22-23,38-43H,1-7H2,(H,28,34)(H,29,35)(H2,26,30,32)(H2,27,31,33)/t10-,11-,14+,15+,16-,17+,22-,23-/m0/s1. The van der Waals surface area contributed by atoms with Crippen LogP contribution in [-0.2, 0) is 9.47 Å². The Morgan fingerprint density at radius 3 is 1.44 bits per heavy atom. The highest BCUT2D eigenvalue weighted by molar-refractivity contribution is 5.84. The van der Waals surface area contributed by atoms with Crippen molar-refractivity contribution >= 4 is 45.9 Å². The van der Waals surface area contributed by atoms with E-state index >= 15 is 0 Å². The van der Waals surface area contributed by atoms with E-state index in [1.54, 1.807) is 0 Å². The average Bonchev–Trinajstić information content (AvgIpc) is 3.75. The molecule has 20 heteroatoms. The van der Waals surface area contributed by atoms with Crippen molar-refractivity contribution in [2.24, 2.45) is 0 Å². The Balaban J connectivity index is 1.09. The molecule has 0 spiro atoms. The van der Waals surface area contributed by atoms with E-state index in [4.69, 9.17) is 20.9 Å². The summed E-state index contributed by atoms with van der Waals surface area (Å²) in [7, 11) is 0. The van der Waals surface area contributed by atoms with Crippen LogP contribution in [-0.4, -0.2) is 133 Å². The van der Waals surface area contributed by atoms with Crippen LogP contribution in [0.3, 0.4) is 0 Å². The van der Waals surface area contributed by atoms with Crippen LogP contribution >= 0.6 is 0 Å². The molecular formula is C25H36N12O8. The molecule has 244 valence electrons. The first-order valence-electron chi connectivity index (χ1n) is 14.4. The lowest BCUT2D eigenvalue weighted by Crippen LogP contribution is -2.33. The highest BCUT2D eigenvalue weighted by atomic mass is 16.6. The predicted molar refractivity (Wildman–Crippen MR) is 156 cm³/mol. The number of fused-ring (bicyclic) bond motifs is 2. The number of unbranched alkanes of at least 4 members (excludes halogenated alkanes) is 2. The van der Waals surface area contributed by atoms with Crippen LogP contribution < -0.4 is 22.1 Å². The third-order valence-corrected chi connectivity index (χ3v) is 7.97. The van der Waals surface area contributed by atoms with Crippen LogP contribution in [0.25, 0.3) is 22.3 Å². The molecule has 0 aliphatic carbocycles. The molecule has 2 aliphatic rings. The number of nitrogen functional groups attached to an aromatic ring is 2. The Hall–Kier alpha value is -4.02. The van der Waals surface area contributed by atoms with E-state index in [9.17, 15) is 30.6 Å². The van der Waals surface area contributed by atoms with Gasteiger partial charge in [0.1, 0.15) is 49.3 Å². The Morgan fingerprint density at radius 1 is 0.644 bits per heavy atom. The highest BCUT2D eigenvalue weighted by Crippen LogP contribution is 2.36. The smallest absolute Gasteiger partial charge is 0.207 e. The van der Waals surface area contributed by atoms with Gasteiger partial charge in [-0.25, -0.2) is 29.9 Å². The maximum absolute atomic E-state index is 10.6. The molecule has 2 fully saturated rings. The van der Waals surface area contributed by atoms with E-state index in [1.807, 2.05) is 0 Å². The maximum atomic E-state index is 10.6.